The molecule has 178 valence electrons. The van der Waals surface area contributed by atoms with Crippen LogP contribution in [0.3, 0.4) is 0 Å². The van der Waals surface area contributed by atoms with E-state index < -0.39 is 10.0 Å². The first-order valence-electron chi connectivity index (χ1n) is 11.5. The van der Waals surface area contributed by atoms with E-state index in [1.165, 1.54) is 4.31 Å². The molecule has 4 rings (SSSR count). The quantitative estimate of drug-likeness (QED) is 0.614. The van der Waals surface area contributed by atoms with Gasteiger partial charge in [-0.2, -0.15) is 4.31 Å². The van der Waals surface area contributed by atoms with Gasteiger partial charge in [-0.05, 0) is 43.5 Å². The van der Waals surface area contributed by atoms with Crippen LogP contribution in [0.4, 0.5) is 11.4 Å². The lowest BCUT2D eigenvalue weighted by Crippen LogP contribution is -2.40. The Balaban J connectivity index is 1.50. The van der Waals surface area contributed by atoms with Crippen molar-refractivity contribution in [2.24, 2.45) is 0 Å². The Hall–Kier alpha value is -2.62. The fraction of sp³-hybridized carbons (Fsp3) is 0.458. The second-order valence-corrected chi connectivity index (χ2v) is 10.4. The third-order valence-electron chi connectivity index (χ3n) is 6.14. The van der Waals surface area contributed by atoms with E-state index in [9.17, 15) is 13.2 Å². The van der Waals surface area contributed by atoms with Gasteiger partial charge in [0.1, 0.15) is 0 Å². The third kappa shape index (κ3) is 5.66. The summed E-state index contributed by atoms with van der Waals surface area (Å²) in [5.74, 6) is -0.153. The Bertz CT molecular complexity index is 1050. The van der Waals surface area contributed by atoms with Gasteiger partial charge in [0.25, 0.3) is 0 Å². The Morgan fingerprint density at radius 1 is 1.03 bits per heavy atom. The first-order valence-corrected chi connectivity index (χ1v) is 12.9. The van der Waals surface area contributed by atoms with E-state index in [4.69, 9.17) is 4.74 Å². The van der Waals surface area contributed by atoms with Gasteiger partial charge in [-0.25, -0.2) is 8.42 Å². The number of morpholine rings is 1. The van der Waals surface area contributed by atoms with E-state index in [2.05, 4.69) is 15.5 Å². The summed E-state index contributed by atoms with van der Waals surface area (Å²) in [4.78, 5) is 15.1. The number of hydrogen-bond acceptors (Lipinski definition) is 6. The molecular formula is C24H32N4O4S. The second-order valence-electron chi connectivity index (χ2n) is 8.44. The van der Waals surface area contributed by atoms with Crippen LogP contribution in [0.25, 0.3) is 0 Å². The van der Waals surface area contributed by atoms with Gasteiger partial charge >= 0.3 is 0 Å². The standard InChI is InChI=1S/C24H32N4O4S/c1-19(20-7-3-2-4-8-20)26-24(29)18-25-22-17-21(9-10-23(22)27-11-5-6-12-27)33(30,31)28-13-15-32-16-14-28/h2-4,7-10,17,19,25H,5-6,11-16,18H2,1H3,(H,26,29). The van der Waals surface area contributed by atoms with E-state index in [-0.39, 0.29) is 23.4 Å². The number of carbonyl (C=O) groups is 1. The van der Waals surface area contributed by atoms with Gasteiger partial charge < -0.3 is 20.3 Å². The van der Waals surface area contributed by atoms with Crippen LogP contribution in [-0.2, 0) is 19.6 Å². The fourth-order valence-electron chi connectivity index (χ4n) is 4.28. The number of amides is 1. The number of nitrogens with zero attached hydrogens (tertiary/aromatic N) is 2. The van der Waals surface area contributed by atoms with Crippen LogP contribution in [0.1, 0.15) is 31.4 Å². The minimum Gasteiger partial charge on any atom is -0.379 e. The molecule has 0 spiro atoms. The Morgan fingerprint density at radius 2 is 1.73 bits per heavy atom. The SMILES string of the molecule is CC(NC(=O)CNc1cc(S(=O)(=O)N2CCOCC2)ccc1N1CCCC1)c1ccccc1. The highest BCUT2D eigenvalue weighted by Gasteiger charge is 2.28. The molecule has 2 aromatic carbocycles. The predicted octanol–water partition coefficient (Wildman–Crippen LogP) is 2.60. The van der Waals surface area contributed by atoms with Gasteiger partial charge in [-0.1, -0.05) is 30.3 Å². The summed E-state index contributed by atoms with van der Waals surface area (Å²) in [5.41, 5.74) is 2.62. The van der Waals surface area contributed by atoms with Crippen LogP contribution in [0, 0.1) is 0 Å². The summed E-state index contributed by atoms with van der Waals surface area (Å²) < 4.78 is 33.1. The van der Waals surface area contributed by atoms with Crippen molar-refractivity contribution < 1.29 is 17.9 Å². The van der Waals surface area contributed by atoms with E-state index in [1.54, 1.807) is 12.1 Å². The van der Waals surface area contributed by atoms with Crippen molar-refractivity contribution in [3.05, 3.63) is 54.1 Å². The molecule has 2 heterocycles. The highest BCUT2D eigenvalue weighted by molar-refractivity contribution is 7.89. The lowest BCUT2D eigenvalue weighted by Gasteiger charge is -2.27. The molecule has 0 bridgehead atoms. The van der Waals surface area contributed by atoms with E-state index in [0.29, 0.717) is 32.0 Å². The van der Waals surface area contributed by atoms with Gasteiger partial charge in [0.05, 0.1) is 42.1 Å². The van der Waals surface area contributed by atoms with Gasteiger partial charge in [0.2, 0.25) is 15.9 Å². The summed E-state index contributed by atoms with van der Waals surface area (Å²) in [5, 5.41) is 6.20. The second kappa shape index (κ2) is 10.5. The van der Waals surface area contributed by atoms with Crippen LogP contribution in [0.5, 0.6) is 0 Å². The molecule has 0 aliphatic carbocycles. The molecule has 1 unspecified atom stereocenters. The molecule has 0 saturated carbocycles. The summed E-state index contributed by atoms with van der Waals surface area (Å²) in [6, 6.07) is 14.8. The monoisotopic (exact) mass is 472 g/mol. The number of carbonyl (C=O) groups excluding carboxylic acids is 1. The maximum atomic E-state index is 13.2. The molecule has 2 N–H and O–H groups in total. The normalized spacial score (nSPS) is 18.2. The van der Waals surface area contributed by atoms with Crippen LogP contribution >= 0.6 is 0 Å². The molecule has 2 aliphatic heterocycles. The maximum absolute atomic E-state index is 13.2. The van der Waals surface area contributed by atoms with E-state index in [0.717, 1.165) is 37.2 Å². The maximum Gasteiger partial charge on any atom is 0.243 e. The van der Waals surface area contributed by atoms with Gasteiger partial charge in [0.15, 0.2) is 0 Å². The average molecular weight is 473 g/mol. The minimum absolute atomic E-state index is 0.0546. The molecule has 2 saturated heterocycles. The zero-order chi connectivity index (χ0) is 23.3. The molecule has 2 fully saturated rings. The molecule has 9 heteroatoms. The molecule has 8 nitrogen and oxygen atoms in total. The van der Waals surface area contributed by atoms with Crippen molar-refractivity contribution in [3.63, 3.8) is 0 Å². The highest BCUT2D eigenvalue weighted by Crippen LogP contribution is 2.32. The van der Waals surface area contributed by atoms with Crippen molar-refractivity contribution in [1.29, 1.82) is 0 Å². The molecule has 0 aromatic heterocycles. The number of sulfonamides is 1. The number of ether oxygens (including phenoxy) is 1. The number of nitrogens with one attached hydrogen (secondary N) is 2. The predicted molar refractivity (Wildman–Crippen MR) is 129 cm³/mol. The zero-order valence-corrected chi connectivity index (χ0v) is 19.8. The summed E-state index contributed by atoms with van der Waals surface area (Å²) in [6.07, 6.45) is 2.20. The highest BCUT2D eigenvalue weighted by atomic mass is 32.2. The number of hydrogen-bond donors (Lipinski definition) is 2. The lowest BCUT2D eigenvalue weighted by atomic mass is 10.1. The molecule has 1 amide bonds. The van der Waals surface area contributed by atoms with Crippen molar-refractivity contribution in [2.75, 3.05) is 56.2 Å². The van der Waals surface area contributed by atoms with Gasteiger partial charge in [-0.3, -0.25) is 4.79 Å². The Kier molecular flexibility index (Phi) is 7.52. The van der Waals surface area contributed by atoms with Crippen LogP contribution in [-0.4, -0.2) is 64.6 Å². The molecular weight excluding hydrogens is 440 g/mol. The number of rotatable bonds is 8. The minimum atomic E-state index is -3.62. The topological polar surface area (TPSA) is 91.0 Å². The zero-order valence-electron chi connectivity index (χ0n) is 19.0. The number of benzene rings is 2. The fourth-order valence-corrected chi connectivity index (χ4v) is 5.71. The van der Waals surface area contributed by atoms with Gasteiger partial charge in [-0.15, -0.1) is 0 Å². The molecule has 0 radical (unpaired) electrons. The Morgan fingerprint density at radius 3 is 2.42 bits per heavy atom. The Labute approximate surface area is 196 Å². The summed E-state index contributed by atoms with van der Waals surface area (Å²) in [6.45, 7) is 5.32. The van der Waals surface area contributed by atoms with Crippen molar-refractivity contribution in [2.45, 2.75) is 30.7 Å². The van der Waals surface area contributed by atoms with Crippen LogP contribution < -0.4 is 15.5 Å². The lowest BCUT2D eigenvalue weighted by molar-refractivity contribution is -0.120. The third-order valence-corrected chi connectivity index (χ3v) is 8.03. The van der Waals surface area contributed by atoms with Crippen LogP contribution in [0.15, 0.2) is 53.4 Å². The van der Waals surface area contributed by atoms with Crippen molar-refractivity contribution in [1.82, 2.24) is 9.62 Å². The first kappa shape index (κ1) is 23.5. The van der Waals surface area contributed by atoms with E-state index >= 15 is 0 Å². The molecule has 2 aromatic rings. The first-order chi connectivity index (χ1) is 15.9. The molecule has 33 heavy (non-hydrogen) atoms. The van der Waals surface area contributed by atoms with Crippen LogP contribution in [0.2, 0.25) is 0 Å². The van der Waals surface area contributed by atoms with Gasteiger partial charge in [0, 0.05) is 26.2 Å². The van der Waals surface area contributed by atoms with Crippen molar-refractivity contribution >= 4 is 27.3 Å². The summed E-state index contributed by atoms with van der Waals surface area (Å²) in [7, 11) is -3.62. The smallest absolute Gasteiger partial charge is 0.243 e. The average Bonchev–Trinajstić information content (AvgIpc) is 3.38. The molecule has 2 aliphatic rings. The number of anilines is 2. The largest absolute Gasteiger partial charge is 0.379 e. The van der Waals surface area contributed by atoms with E-state index in [1.807, 2.05) is 43.3 Å². The summed E-state index contributed by atoms with van der Waals surface area (Å²) >= 11 is 0. The van der Waals surface area contributed by atoms with Crippen molar-refractivity contribution in [3.8, 4) is 0 Å². The molecule has 1 atom stereocenters.